The normalized spacial score (nSPS) is 10.7. The number of benzene rings is 1. The standard InChI is InChI=1S/C9H6ClFN2O3/c1-16-4-2-3(11)6-7(5(4)10)13-8(12-6)9(14)15/h2H,1H3,(H,12,13)(H,14,15). The second-order valence-electron chi connectivity index (χ2n) is 2.99. The van der Waals surface area contributed by atoms with Gasteiger partial charge in [-0.25, -0.2) is 14.2 Å². The van der Waals surface area contributed by atoms with Gasteiger partial charge in [0.15, 0.2) is 5.82 Å². The smallest absolute Gasteiger partial charge is 0.371 e. The molecule has 0 amide bonds. The molecule has 0 aliphatic rings. The predicted octanol–water partition coefficient (Wildman–Crippen LogP) is 2.06. The first-order chi connectivity index (χ1) is 7.54. The second kappa shape index (κ2) is 3.64. The van der Waals surface area contributed by atoms with Gasteiger partial charge in [-0.15, -0.1) is 0 Å². The molecule has 0 aliphatic heterocycles. The molecule has 2 rings (SSSR count). The molecular formula is C9H6ClFN2O3. The average molecular weight is 245 g/mol. The Kier molecular flexibility index (Phi) is 2.43. The maximum absolute atomic E-state index is 13.5. The predicted molar refractivity (Wildman–Crippen MR) is 54.6 cm³/mol. The monoisotopic (exact) mass is 244 g/mol. The van der Waals surface area contributed by atoms with Crippen molar-refractivity contribution in [2.75, 3.05) is 7.11 Å². The zero-order valence-electron chi connectivity index (χ0n) is 8.04. The summed E-state index contributed by atoms with van der Waals surface area (Å²) in [5.41, 5.74) is -0.0147. The zero-order valence-corrected chi connectivity index (χ0v) is 8.80. The summed E-state index contributed by atoms with van der Waals surface area (Å²) in [5, 5.41) is 8.80. The molecule has 5 nitrogen and oxygen atoms in total. The third-order valence-corrected chi connectivity index (χ3v) is 2.42. The number of carboxylic acid groups (broad SMARTS) is 1. The number of H-pyrrole nitrogens is 1. The number of hydrogen-bond donors (Lipinski definition) is 2. The quantitative estimate of drug-likeness (QED) is 0.848. The van der Waals surface area contributed by atoms with Gasteiger partial charge in [-0.1, -0.05) is 11.6 Å². The molecule has 0 saturated heterocycles. The van der Waals surface area contributed by atoms with Crippen molar-refractivity contribution in [2.24, 2.45) is 0 Å². The number of aromatic amines is 1. The molecule has 7 heteroatoms. The van der Waals surface area contributed by atoms with E-state index in [4.69, 9.17) is 21.4 Å². The van der Waals surface area contributed by atoms with Crippen LogP contribution in [0.1, 0.15) is 10.6 Å². The molecule has 0 unspecified atom stereocenters. The number of carboxylic acids is 1. The molecule has 0 atom stereocenters. The van der Waals surface area contributed by atoms with Crippen molar-refractivity contribution < 1.29 is 19.0 Å². The van der Waals surface area contributed by atoms with Crippen molar-refractivity contribution in [1.29, 1.82) is 0 Å². The molecule has 0 fully saturated rings. The highest BCUT2D eigenvalue weighted by Gasteiger charge is 2.18. The van der Waals surface area contributed by atoms with Crippen LogP contribution in [0.5, 0.6) is 5.75 Å². The lowest BCUT2D eigenvalue weighted by molar-refractivity contribution is 0.0685. The Balaban J connectivity index is 2.80. The van der Waals surface area contributed by atoms with E-state index in [-0.39, 0.29) is 27.6 Å². The van der Waals surface area contributed by atoms with Gasteiger partial charge in [-0.2, -0.15) is 0 Å². The lowest BCUT2D eigenvalue weighted by atomic mass is 10.3. The van der Waals surface area contributed by atoms with Crippen molar-refractivity contribution in [3.63, 3.8) is 0 Å². The van der Waals surface area contributed by atoms with Gasteiger partial charge in [-0.3, -0.25) is 0 Å². The van der Waals surface area contributed by atoms with Crippen molar-refractivity contribution in [3.8, 4) is 5.75 Å². The minimum Gasteiger partial charge on any atom is -0.495 e. The number of methoxy groups -OCH3 is 1. The molecule has 84 valence electrons. The number of rotatable bonds is 2. The minimum absolute atomic E-state index is 0.0962. The van der Waals surface area contributed by atoms with Gasteiger partial charge in [-0.05, 0) is 0 Å². The first kappa shape index (κ1) is 10.7. The largest absolute Gasteiger partial charge is 0.495 e. The fourth-order valence-corrected chi connectivity index (χ4v) is 1.59. The van der Waals surface area contributed by atoms with Crippen LogP contribution in [-0.4, -0.2) is 28.2 Å². The summed E-state index contributed by atoms with van der Waals surface area (Å²) >= 11 is 5.88. The molecule has 2 N–H and O–H groups in total. The Morgan fingerprint density at radius 2 is 2.38 bits per heavy atom. The van der Waals surface area contributed by atoms with Crippen molar-refractivity contribution in [1.82, 2.24) is 9.97 Å². The molecule has 0 bridgehead atoms. The van der Waals surface area contributed by atoms with Crippen LogP contribution in [-0.2, 0) is 0 Å². The van der Waals surface area contributed by atoms with Gasteiger partial charge in [0.2, 0.25) is 5.82 Å². The van der Waals surface area contributed by atoms with Gasteiger partial charge in [0, 0.05) is 6.07 Å². The number of ether oxygens (including phenoxy) is 1. The molecule has 16 heavy (non-hydrogen) atoms. The van der Waals surface area contributed by atoms with Gasteiger partial charge in [0.1, 0.15) is 16.3 Å². The molecular weight excluding hydrogens is 239 g/mol. The van der Waals surface area contributed by atoms with E-state index >= 15 is 0 Å². The average Bonchev–Trinajstić information content (AvgIpc) is 2.68. The Morgan fingerprint density at radius 3 is 2.94 bits per heavy atom. The summed E-state index contributed by atoms with van der Waals surface area (Å²) in [6, 6.07) is 1.05. The van der Waals surface area contributed by atoms with Crippen molar-refractivity contribution in [2.45, 2.75) is 0 Å². The van der Waals surface area contributed by atoms with Gasteiger partial charge < -0.3 is 14.8 Å². The number of nitrogens with zero attached hydrogens (tertiary/aromatic N) is 1. The Hall–Kier alpha value is -1.82. The third-order valence-electron chi connectivity index (χ3n) is 2.05. The van der Waals surface area contributed by atoms with Crippen LogP contribution in [0.2, 0.25) is 5.02 Å². The SMILES string of the molecule is COc1cc(F)c2nc(C(=O)O)[nH]c2c1Cl. The second-order valence-corrected chi connectivity index (χ2v) is 3.37. The summed E-state index contributed by atoms with van der Waals surface area (Å²) in [4.78, 5) is 16.7. The molecule has 0 radical (unpaired) electrons. The minimum atomic E-state index is -1.29. The summed E-state index contributed by atoms with van der Waals surface area (Å²) in [7, 11) is 1.33. The number of aromatic nitrogens is 2. The lowest BCUT2D eigenvalue weighted by Gasteiger charge is -2.03. The number of fused-ring (bicyclic) bond motifs is 1. The van der Waals surface area contributed by atoms with Gasteiger partial charge in [0.25, 0.3) is 0 Å². The Morgan fingerprint density at radius 1 is 1.69 bits per heavy atom. The highest BCUT2D eigenvalue weighted by Crippen LogP contribution is 2.33. The fourth-order valence-electron chi connectivity index (χ4n) is 1.32. The van der Waals surface area contributed by atoms with Crippen molar-refractivity contribution >= 4 is 28.6 Å². The molecule has 1 aromatic carbocycles. The maximum Gasteiger partial charge on any atom is 0.371 e. The van der Waals surface area contributed by atoms with Crippen LogP contribution in [0.3, 0.4) is 0 Å². The van der Waals surface area contributed by atoms with Crippen LogP contribution in [0.15, 0.2) is 6.07 Å². The first-order valence-corrected chi connectivity index (χ1v) is 4.57. The summed E-state index contributed by atoms with van der Waals surface area (Å²) in [6.45, 7) is 0. The van der Waals surface area contributed by atoms with E-state index in [2.05, 4.69) is 9.97 Å². The van der Waals surface area contributed by atoms with Crippen LogP contribution in [0.4, 0.5) is 4.39 Å². The molecule has 0 aliphatic carbocycles. The van der Waals surface area contributed by atoms with Crippen molar-refractivity contribution in [3.05, 3.63) is 22.7 Å². The topological polar surface area (TPSA) is 75.2 Å². The van der Waals surface area contributed by atoms with Crippen LogP contribution < -0.4 is 4.74 Å². The third kappa shape index (κ3) is 1.47. The number of hydrogen-bond acceptors (Lipinski definition) is 3. The summed E-state index contributed by atoms with van der Waals surface area (Å²) in [5.74, 6) is -2.23. The highest BCUT2D eigenvalue weighted by molar-refractivity contribution is 6.36. The number of aromatic carboxylic acids is 1. The fraction of sp³-hybridized carbons (Fsp3) is 0.111. The van der Waals surface area contributed by atoms with Gasteiger partial charge >= 0.3 is 5.97 Å². The van der Waals surface area contributed by atoms with E-state index in [1.807, 2.05) is 0 Å². The molecule has 2 aromatic rings. The van der Waals surface area contributed by atoms with E-state index in [1.165, 1.54) is 7.11 Å². The molecule has 1 aromatic heterocycles. The molecule has 0 spiro atoms. The Labute approximate surface area is 93.8 Å². The zero-order chi connectivity index (χ0) is 11.9. The number of carbonyl (C=O) groups is 1. The van der Waals surface area contributed by atoms with Crippen LogP contribution in [0.25, 0.3) is 11.0 Å². The maximum atomic E-state index is 13.5. The van der Waals surface area contributed by atoms with E-state index in [9.17, 15) is 9.18 Å². The number of imidazole rings is 1. The van der Waals surface area contributed by atoms with Gasteiger partial charge in [0.05, 0.1) is 12.6 Å². The summed E-state index contributed by atoms with van der Waals surface area (Å²) < 4.78 is 18.3. The Bertz CT molecular complexity index is 582. The van der Waals surface area contributed by atoms with E-state index < -0.39 is 11.8 Å². The summed E-state index contributed by atoms with van der Waals surface area (Å²) in [6.07, 6.45) is 0. The highest BCUT2D eigenvalue weighted by atomic mass is 35.5. The van der Waals surface area contributed by atoms with E-state index in [0.29, 0.717) is 0 Å². The molecule has 1 heterocycles. The van der Waals surface area contributed by atoms with E-state index in [1.54, 1.807) is 0 Å². The molecule has 0 saturated carbocycles. The first-order valence-electron chi connectivity index (χ1n) is 4.19. The lowest BCUT2D eigenvalue weighted by Crippen LogP contribution is -1.97. The van der Waals surface area contributed by atoms with Crippen LogP contribution >= 0.6 is 11.6 Å². The number of halogens is 2. The number of nitrogens with one attached hydrogen (secondary N) is 1. The van der Waals surface area contributed by atoms with Crippen LogP contribution in [0, 0.1) is 5.82 Å². The van der Waals surface area contributed by atoms with E-state index in [0.717, 1.165) is 6.07 Å².